The number of carboxylic acids is 1. The van der Waals surface area contributed by atoms with Crippen molar-refractivity contribution < 1.29 is 24.5 Å². The Labute approximate surface area is 205 Å². The van der Waals surface area contributed by atoms with E-state index in [4.69, 9.17) is 9.47 Å². The van der Waals surface area contributed by atoms with Crippen LogP contribution in [0, 0.1) is 0 Å². The first-order valence-corrected chi connectivity index (χ1v) is 11.6. The molecule has 0 fully saturated rings. The molecule has 3 aromatic carbocycles. The molecule has 0 aliphatic rings. The molecule has 4 rings (SSSR count). The van der Waals surface area contributed by atoms with E-state index < -0.39 is 5.97 Å². The van der Waals surface area contributed by atoms with Gasteiger partial charge in [-0.2, -0.15) is 0 Å². The summed E-state index contributed by atoms with van der Waals surface area (Å²) in [6, 6.07) is 20.8. The lowest BCUT2D eigenvalue weighted by Gasteiger charge is -2.19. The maximum absolute atomic E-state index is 12.6. The number of fused-ring (bicyclic) bond motifs is 1. The van der Waals surface area contributed by atoms with Crippen LogP contribution in [0.15, 0.2) is 66.7 Å². The third-order valence-electron chi connectivity index (χ3n) is 6.06. The Bertz CT molecular complexity index is 1350. The zero-order chi connectivity index (χ0) is 25.2. The van der Waals surface area contributed by atoms with Crippen LogP contribution in [0.3, 0.4) is 0 Å². The van der Waals surface area contributed by atoms with Gasteiger partial charge in [-0.15, -0.1) is 0 Å². The number of hydrogen-bond acceptors (Lipinski definition) is 4. The number of nitrogens with zero attached hydrogens (tertiary/aromatic N) is 1. The van der Waals surface area contributed by atoms with Gasteiger partial charge in [0, 0.05) is 36.2 Å². The van der Waals surface area contributed by atoms with Gasteiger partial charge in [0.25, 0.3) is 0 Å². The van der Waals surface area contributed by atoms with E-state index in [1.165, 1.54) is 11.6 Å². The lowest BCUT2D eigenvalue weighted by molar-refractivity contribution is 0.0687. The van der Waals surface area contributed by atoms with E-state index in [9.17, 15) is 15.0 Å². The number of rotatable bonds is 8. The van der Waals surface area contributed by atoms with E-state index in [0.717, 1.165) is 22.0 Å². The molecule has 0 unspecified atom stereocenters. The summed E-state index contributed by atoms with van der Waals surface area (Å²) in [5, 5.41) is 21.4. The number of benzene rings is 3. The van der Waals surface area contributed by atoms with Crippen molar-refractivity contribution in [1.29, 1.82) is 0 Å². The number of methoxy groups -OCH3 is 1. The third kappa shape index (κ3) is 5.17. The van der Waals surface area contributed by atoms with Crippen molar-refractivity contribution in [2.45, 2.75) is 32.7 Å². The Morgan fingerprint density at radius 1 is 0.971 bits per heavy atom. The maximum Gasteiger partial charge on any atom is 0.353 e. The molecule has 0 amide bonds. The summed E-state index contributed by atoms with van der Waals surface area (Å²) in [6.07, 6.45) is 0. The Morgan fingerprint density at radius 3 is 2.34 bits per heavy atom. The molecule has 2 N–H and O–H groups in total. The highest BCUT2D eigenvalue weighted by Gasteiger charge is 2.24. The molecule has 6 heteroatoms. The molecule has 182 valence electrons. The number of carbonyl (C=O) groups is 1. The maximum atomic E-state index is 12.6. The van der Waals surface area contributed by atoms with E-state index in [0.29, 0.717) is 24.5 Å². The molecule has 0 aliphatic carbocycles. The van der Waals surface area contributed by atoms with Crippen LogP contribution in [0.4, 0.5) is 0 Å². The van der Waals surface area contributed by atoms with E-state index in [-0.39, 0.29) is 23.4 Å². The minimum absolute atomic E-state index is 0.000497. The van der Waals surface area contributed by atoms with Gasteiger partial charge in [-0.1, -0.05) is 63.2 Å². The van der Waals surface area contributed by atoms with Crippen LogP contribution in [-0.2, 0) is 16.7 Å². The second-order valence-corrected chi connectivity index (χ2v) is 9.64. The van der Waals surface area contributed by atoms with Crippen LogP contribution in [-0.4, -0.2) is 41.1 Å². The Morgan fingerprint density at radius 2 is 1.69 bits per heavy atom. The summed E-state index contributed by atoms with van der Waals surface area (Å²) in [7, 11) is 1.59. The summed E-state index contributed by atoms with van der Waals surface area (Å²) in [5.74, 6) is -0.447. The fourth-order valence-electron chi connectivity index (χ4n) is 4.36. The van der Waals surface area contributed by atoms with E-state index in [1.54, 1.807) is 17.7 Å². The van der Waals surface area contributed by atoms with Crippen LogP contribution >= 0.6 is 0 Å². The lowest BCUT2D eigenvalue weighted by Crippen LogP contribution is -2.11. The lowest BCUT2D eigenvalue weighted by atomic mass is 9.86. The van der Waals surface area contributed by atoms with Gasteiger partial charge in [0.15, 0.2) is 0 Å². The fraction of sp³-hybridized carbons (Fsp3) is 0.276. The van der Waals surface area contributed by atoms with Crippen molar-refractivity contribution in [3.63, 3.8) is 0 Å². The van der Waals surface area contributed by atoms with Gasteiger partial charge in [0.1, 0.15) is 23.8 Å². The van der Waals surface area contributed by atoms with Crippen LogP contribution in [0.1, 0.15) is 42.4 Å². The van der Waals surface area contributed by atoms with E-state index >= 15 is 0 Å². The molecular formula is C29H31NO5. The normalized spacial score (nSPS) is 11.7. The quantitative estimate of drug-likeness (QED) is 0.303. The zero-order valence-electron chi connectivity index (χ0n) is 20.5. The summed E-state index contributed by atoms with van der Waals surface area (Å²) in [5.41, 5.74) is 4.47. The van der Waals surface area contributed by atoms with Crippen molar-refractivity contribution in [2.24, 2.45) is 0 Å². The Hall–Kier alpha value is -3.77. The number of aromatic carboxylic acids is 1. The van der Waals surface area contributed by atoms with Gasteiger partial charge in [-0.05, 0) is 40.3 Å². The largest absolute Gasteiger partial charge is 0.508 e. The number of aromatic hydroxyl groups is 1. The molecule has 6 nitrogen and oxygen atoms in total. The summed E-state index contributed by atoms with van der Waals surface area (Å²) in [4.78, 5) is 12.6. The second-order valence-electron chi connectivity index (χ2n) is 9.64. The Balaban J connectivity index is 1.83. The molecule has 0 atom stereocenters. The molecule has 0 spiro atoms. The SMILES string of the molecule is COCCOc1cc(O)cc(Cn2c(C(=O)O)c(-c3ccc(C(C)(C)C)cc3)c3ccccc32)c1. The molecule has 1 aromatic heterocycles. The first-order valence-electron chi connectivity index (χ1n) is 11.6. The van der Waals surface area contributed by atoms with Crippen molar-refractivity contribution in [1.82, 2.24) is 4.57 Å². The van der Waals surface area contributed by atoms with Crippen molar-refractivity contribution in [3.8, 4) is 22.6 Å². The molecule has 1 heterocycles. The van der Waals surface area contributed by atoms with Gasteiger partial charge < -0.3 is 24.3 Å². The topological polar surface area (TPSA) is 80.9 Å². The molecule has 0 saturated carbocycles. The van der Waals surface area contributed by atoms with Crippen molar-refractivity contribution in [2.75, 3.05) is 20.3 Å². The number of phenolic OH excluding ortho intramolecular Hbond substituents is 1. The summed E-state index contributed by atoms with van der Waals surface area (Å²) in [6.45, 7) is 7.49. The smallest absolute Gasteiger partial charge is 0.353 e. The second kappa shape index (κ2) is 9.84. The number of ether oxygens (including phenoxy) is 2. The van der Waals surface area contributed by atoms with Gasteiger partial charge in [-0.25, -0.2) is 4.79 Å². The Kier molecular flexibility index (Phi) is 6.85. The molecule has 35 heavy (non-hydrogen) atoms. The molecule has 0 aliphatic heterocycles. The predicted octanol–water partition coefficient (Wildman–Crippen LogP) is 6.08. The molecule has 0 radical (unpaired) electrons. The van der Waals surface area contributed by atoms with E-state index in [2.05, 4.69) is 32.9 Å². The van der Waals surface area contributed by atoms with Crippen LogP contribution in [0.2, 0.25) is 0 Å². The molecule has 0 bridgehead atoms. The predicted molar refractivity (Wildman–Crippen MR) is 138 cm³/mol. The van der Waals surface area contributed by atoms with Crippen molar-refractivity contribution >= 4 is 16.9 Å². The molecular weight excluding hydrogens is 442 g/mol. The third-order valence-corrected chi connectivity index (χ3v) is 6.06. The number of hydrogen-bond donors (Lipinski definition) is 2. The van der Waals surface area contributed by atoms with Gasteiger partial charge in [-0.3, -0.25) is 0 Å². The van der Waals surface area contributed by atoms with Crippen LogP contribution < -0.4 is 4.74 Å². The fourth-order valence-corrected chi connectivity index (χ4v) is 4.36. The summed E-state index contributed by atoms with van der Waals surface area (Å²) < 4.78 is 12.5. The molecule has 4 aromatic rings. The number of phenols is 1. The average Bonchev–Trinajstić information content (AvgIpc) is 3.13. The van der Waals surface area contributed by atoms with Crippen LogP contribution in [0.25, 0.3) is 22.0 Å². The number of aromatic nitrogens is 1. The number of carboxylic acid groups (broad SMARTS) is 1. The monoisotopic (exact) mass is 473 g/mol. The minimum Gasteiger partial charge on any atom is -0.508 e. The minimum atomic E-state index is -1.01. The highest BCUT2D eigenvalue weighted by atomic mass is 16.5. The average molecular weight is 474 g/mol. The first-order chi connectivity index (χ1) is 16.7. The van der Waals surface area contributed by atoms with Gasteiger partial charge in [0.2, 0.25) is 0 Å². The number of para-hydroxylation sites is 1. The van der Waals surface area contributed by atoms with Gasteiger partial charge in [0.05, 0.1) is 6.61 Å². The van der Waals surface area contributed by atoms with Gasteiger partial charge >= 0.3 is 5.97 Å². The standard InChI is InChI=1S/C29H31NO5/c1-29(2,3)21-11-9-20(10-12-21)26-24-7-5-6-8-25(24)30(27(26)28(32)33)18-19-15-22(31)17-23(16-19)35-14-13-34-4/h5-12,15-17,31H,13-14,18H2,1-4H3,(H,32,33). The van der Waals surface area contributed by atoms with Crippen molar-refractivity contribution in [3.05, 3.63) is 83.6 Å². The highest BCUT2D eigenvalue weighted by Crippen LogP contribution is 2.37. The van der Waals surface area contributed by atoms with Crippen LogP contribution in [0.5, 0.6) is 11.5 Å². The zero-order valence-corrected chi connectivity index (χ0v) is 20.5. The van der Waals surface area contributed by atoms with E-state index in [1.807, 2.05) is 42.5 Å². The summed E-state index contributed by atoms with van der Waals surface area (Å²) >= 11 is 0. The molecule has 0 saturated heterocycles. The highest BCUT2D eigenvalue weighted by molar-refractivity contribution is 6.08. The first kappa shape index (κ1) is 24.4.